The monoisotopic (exact) mass is 356 g/mol. The van der Waals surface area contributed by atoms with Gasteiger partial charge in [-0.3, -0.25) is 4.98 Å². The van der Waals surface area contributed by atoms with E-state index in [9.17, 15) is 0 Å². The molecule has 4 aromatic rings. The zero-order valence-electron chi connectivity index (χ0n) is 15.4. The maximum absolute atomic E-state index is 4.84. The molecule has 0 saturated carbocycles. The molecule has 27 heavy (non-hydrogen) atoms. The highest BCUT2D eigenvalue weighted by molar-refractivity contribution is 5.76. The lowest BCUT2D eigenvalue weighted by molar-refractivity contribution is 0.486. The van der Waals surface area contributed by atoms with E-state index in [-0.39, 0.29) is 0 Å². The molecule has 0 bridgehead atoms. The minimum atomic E-state index is 0.419. The molecule has 1 aromatic carbocycles. The van der Waals surface area contributed by atoms with Crippen LogP contribution in [0.25, 0.3) is 22.3 Å². The van der Waals surface area contributed by atoms with Crippen LogP contribution in [0.15, 0.2) is 54.9 Å². The smallest absolute Gasteiger partial charge is 0.132 e. The van der Waals surface area contributed by atoms with Gasteiger partial charge in [0, 0.05) is 44.2 Å². The van der Waals surface area contributed by atoms with Crippen molar-refractivity contribution in [3.8, 4) is 11.3 Å². The number of nitrogens with zero attached hydrogens (tertiary/aromatic N) is 6. The van der Waals surface area contributed by atoms with Gasteiger partial charge in [-0.1, -0.05) is 12.1 Å². The fraction of sp³-hybridized carbons (Fsp3) is 0.238. The fourth-order valence-corrected chi connectivity index (χ4v) is 3.74. The van der Waals surface area contributed by atoms with Gasteiger partial charge >= 0.3 is 0 Å². The van der Waals surface area contributed by atoms with Crippen molar-refractivity contribution < 1.29 is 0 Å². The Kier molecular flexibility index (Phi) is 3.63. The van der Waals surface area contributed by atoms with E-state index >= 15 is 0 Å². The van der Waals surface area contributed by atoms with E-state index in [1.54, 1.807) is 12.4 Å². The van der Waals surface area contributed by atoms with Gasteiger partial charge in [0.2, 0.25) is 0 Å². The lowest BCUT2D eigenvalue weighted by Gasteiger charge is -2.39. The highest BCUT2D eigenvalue weighted by atomic mass is 15.3. The third-order valence-electron chi connectivity index (χ3n) is 5.19. The van der Waals surface area contributed by atoms with Gasteiger partial charge < -0.3 is 9.47 Å². The average Bonchev–Trinajstić information content (AvgIpc) is 2.98. The van der Waals surface area contributed by atoms with Crippen molar-refractivity contribution in [3.63, 3.8) is 0 Å². The number of pyridine rings is 1. The number of rotatable bonds is 3. The molecular weight excluding hydrogens is 336 g/mol. The summed E-state index contributed by atoms with van der Waals surface area (Å²) in [5.41, 5.74) is 4.24. The maximum Gasteiger partial charge on any atom is 0.132 e. The summed E-state index contributed by atoms with van der Waals surface area (Å²) in [4.78, 5) is 20.5. The number of hydrogen-bond acceptors (Lipinski definition) is 5. The van der Waals surface area contributed by atoms with E-state index < -0.39 is 0 Å². The Labute approximate surface area is 157 Å². The average molecular weight is 356 g/mol. The van der Waals surface area contributed by atoms with Crippen molar-refractivity contribution >= 4 is 16.9 Å². The summed E-state index contributed by atoms with van der Waals surface area (Å²) in [6.45, 7) is 3.78. The molecule has 4 heterocycles. The predicted molar refractivity (Wildman–Crippen MR) is 106 cm³/mol. The Hall–Kier alpha value is -3.28. The molecule has 1 aliphatic rings. The Morgan fingerprint density at radius 3 is 2.52 bits per heavy atom. The summed E-state index contributed by atoms with van der Waals surface area (Å²) in [6.07, 6.45) is 3.58. The number of anilines is 1. The minimum absolute atomic E-state index is 0.419. The molecule has 5 rings (SSSR count). The van der Waals surface area contributed by atoms with Crippen molar-refractivity contribution in [2.75, 3.05) is 18.0 Å². The van der Waals surface area contributed by atoms with E-state index in [2.05, 4.69) is 55.7 Å². The van der Waals surface area contributed by atoms with E-state index in [4.69, 9.17) is 4.98 Å². The molecule has 0 amide bonds. The van der Waals surface area contributed by atoms with Crippen molar-refractivity contribution in [2.24, 2.45) is 7.05 Å². The number of aromatic nitrogens is 5. The zero-order chi connectivity index (χ0) is 18.4. The van der Waals surface area contributed by atoms with Crippen LogP contribution in [0, 0.1) is 6.92 Å². The number of hydrogen-bond donors (Lipinski definition) is 0. The van der Waals surface area contributed by atoms with Gasteiger partial charge in [0.25, 0.3) is 0 Å². The molecular formula is C21H20N6. The zero-order valence-corrected chi connectivity index (χ0v) is 15.4. The summed E-state index contributed by atoms with van der Waals surface area (Å²) in [7, 11) is 2.10. The largest absolute Gasteiger partial charge is 0.355 e. The Morgan fingerprint density at radius 1 is 0.963 bits per heavy atom. The number of benzene rings is 1. The Balaban J connectivity index is 1.40. The summed E-state index contributed by atoms with van der Waals surface area (Å²) in [6, 6.07) is 14.3. The molecule has 1 aliphatic heterocycles. The Bertz CT molecular complexity index is 1110. The highest BCUT2D eigenvalue weighted by Gasteiger charge is 2.33. The molecule has 1 saturated heterocycles. The van der Waals surface area contributed by atoms with Gasteiger partial charge in [-0.25, -0.2) is 15.0 Å². The molecule has 134 valence electrons. The van der Waals surface area contributed by atoms with E-state index in [0.717, 1.165) is 47.3 Å². The highest BCUT2D eigenvalue weighted by Crippen LogP contribution is 2.32. The molecule has 0 atom stereocenters. The second kappa shape index (κ2) is 6.16. The molecule has 0 unspecified atom stereocenters. The van der Waals surface area contributed by atoms with Crippen molar-refractivity contribution in [1.82, 2.24) is 24.5 Å². The molecule has 1 fully saturated rings. The van der Waals surface area contributed by atoms with Crippen molar-refractivity contribution in [1.29, 1.82) is 0 Å². The van der Waals surface area contributed by atoms with E-state index in [1.807, 2.05) is 25.1 Å². The van der Waals surface area contributed by atoms with Crippen LogP contribution in [0.2, 0.25) is 0 Å². The second-order valence-electron chi connectivity index (χ2n) is 7.01. The Morgan fingerprint density at radius 2 is 1.74 bits per heavy atom. The van der Waals surface area contributed by atoms with Crippen LogP contribution < -0.4 is 4.90 Å². The molecule has 0 N–H and O–H groups in total. The number of imidazole rings is 1. The number of para-hydroxylation sites is 2. The first kappa shape index (κ1) is 15.9. The lowest BCUT2D eigenvalue weighted by Crippen LogP contribution is -2.46. The van der Waals surface area contributed by atoms with Gasteiger partial charge in [0.1, 0.15) is 17.5 Å². The lowest BCUT2D eigenvalue weighted by atomic mass is 9.99. The van der Waals surface area contributed by atoms with Crippen LogP contribution in [-0.4, -0.2) is 37.6 Å². The quantitative estimate of drug-likeness (QED) is 0.563. The van der Waals surface area contributed by atoms with Crippen LogP contribution in [0.5, 0.6) is 0 Å². The fourth-order valence-electron chi connectivity index (χ4n) is 3.74. The normalized spacial score (nSPS) is 14.5. The van der Waals surface area contributed by atoms with Crippen LogP contribution in [0.1, 0.15) is 17.6 Å². The molecule has 6 nitrogen and oxygen atoms in total. The number of fused-ring (bicyclic) bond motifs is 1. The molecule has 0 radical (unpaired) electrons. The molecule has 3 aromatic heterocycles. The van der Waals surface area contributed by atoms with Gasteiger partial charge in [0.15, 0.2) is 0 Å². The summed E-state index contributed by atoms with van der Waals surface area (Å²) in [5.74, 6) is 3.32. The second-order valence-corrected chi connectivity index (χ2v) is 7.01. The third kappa shape index (κ3) is 2.73. The predicted octanol–water partition coefficient (Wildman–Crippen LogP) is 3.34. The molecule has 0 aliphatic carbocycles. The maximum atomic E-state index is 4.84. The first-order valence-electron chi connectivity index (χ1n) is 9.11. The van der Waals surface area contributed by atoms with Crippen molar-refractivity contribution in [3.05, 3.63) is 66.5 Å². The van der Waals surface area contributed by atoms with Gasteiger partial charge in [-0.15, -0.1) is 0 Å². The SMILES string of the molecule is Cc1nc(-c2ccncc2)cc(N2CC(c3nc4ccccc4n3C)C2)n1. The van der Waals surface area contributed by atoms with Crippen LogP contribution in [0.3, 0.4) is 0 Å². The summed E-state index contributed by atoms with van der Waals surface area (Å²) < 4.78 is 2.21. The van der Waals surface area contributed by atoms with E-state index in [1.165, 1.54) is 5.52 Å². The molecule has 0 spiro atoms. The van der Waals surface area contributed by atoms with E-state index in [0.29, 0.717) is 5.92 Å². The number of aryl methyl sites for hydroxylation is 2. The van der Waals surface area contributed by atoms with Crippen molar-refractivity contribution in [2.45, 2.75) is 12.8 Å². The molecule has 6 heteroatoms. The van der Waals surface area contributed by atoms with Crippen LogP contribution in [-0.2, 0) is 7.05 Å². The van der Waals surface area contributed by atoms with Crippen LogP contribution in [0.4, 0.5) is 5.82 Å². The minimum Gasteiger partial charge on any atom is -0.355 e. The van der Waals surface area contributed by atoms with Gasteiger partial charge in [0.05, 0.1) is 22.6 Å². The summed E-state index contributed by atoms with van der Waals surface area (Å²) >= 11 is 0. The third-order valence-corrected chi connectivity index (χ3v) is 5.19. The van der Waals surface area contributed by atoms with Crippen LogP contribution >= 0.6 is 0 Å². The topological polar surface area (TPSA) is 59.7 Å². The first-order chi connectivity index (χ1) is 13.2. The standard InChI is InChI=1S/C21H20N6/c1-14-23-18(15-7-9-22-10-8-15)11-20(24-14)27-12-16(13-27)21-25-17-5-3-4-6-19(17)26(21)2/h3-11,16H,12-13H2,1-2H3. The van der Waals surface area contributed by atoms with Gasteiger partial charge in [-0.05, 0) is 31.2 Å². The summed E-state index contributed by atoms with van der Waals surface area (Å²) in [5, 5.41) is 0. The van der Waals surface area contributed by atoms with Gasteiger partial charge in [-0.2, -0.15) is 0 Å². The first-order valence-corrected chi connectivity index (χ1v) is 9.11.